The number of piperidine rings is 1. The normalized spacial score (nSPS) is 22.8. The smallest absolute Gasteiger partial charge is 0.224 e. The minimum Gasteiger partial charge on any atom is -0.450 e. The van der Waals surface area contributed by atoms with E-state index in [-0.39, 0.29) is 17.9 Å². The zero-order valence-electron chi connectivity index (χ0n) is 15.8. The van der Waals surface area contributed by atoms with Gasteiger partial charge in [-0.25, -0.2) is 9.97 Å². The second-order valence-electron chi connectivity index (χ2n) is 7.64. The number of fused-ring (bicyclic) bond motifs is 3. The summed E-state index contributed by atoms with van der Waals surface area (Å²) in [5.41, 5.74) is 2.33. The first kappa shape index (κ1) is 17.4. The molecule has 2 aromatic heterocycles. The maximum Gasteiger partial charge on any atom is 0.224 e. The maximum atomic E-state index is 12.7. The summed E-state index contributed by atoms with van der Waals surface area (Å²) in [5.74, 6) is 0.831. The molecule has 2 fully saturated rings. The predicted octanol–water partition coefficient (Wildman–Crippen LogP) is 2.89. The highest BCUT2D eigenvalue weighted by atomic mass is 16.5. The molecule has 2 aliphatic heterocycles. The van der Waals surface area contributed by atoms with Gasteiger partial charge in [-0.1, -0.05) is 12.1 Å². The van der Waals surface area contributed by atoms with Crippen molar-refractivity contribution in [1.29, 1.82) is 0 Å². The van der Waals surface area contributed by atoms with Crippen molar-refractivity contribution < 1.29 is 13.9 Å². The van der Waals surface area contributed by atoms with Crippen LogP contribution in [0.2, 0.25) is 0 Å². The fourth-order valence-electron chi connectivity index (χ4n) is 4.28. The summed E-state index contributed by atoms with van der Waals surface area (Å²) in [6.45, 7) is 2.91. The van der Waals surface area contributed by atoms with Crippen LogP contribution < -0.4 is 10.2 Å². The Hall–Kier alpha value is -2.67. The molecule has 28 heavy (non-hydrogen) atoms. The second kappa shape index (κ2) is 7.39. The summed E-state index contributed by atoms with van der Waals surface area (Å²) >= 11 is 0. The van der Waals surface area contributed by atoms with Crippen LogP contribution in [0.1, 0.15) is 25.7 Å². The molecule has 1 aromatic carbocycles. The molecule has 0 bridgehead atoms. The lowest BCUT2D eigenvalue weighted by Gasteiger charge is -2.32. The van der Waals surface area contributed by atoms with E-state index in [1.165, 1.54) is 0 Å². The molecule has 3 aromatic rings. The van der Waals surface area contributed by atoms with Crippen molar-refractivity contribution in [2.45, 2.75) is 31.8 Å². The molecule has 7 heteroatoms. The minimum atomic E-state index is -0.0513. The first-order valence-corrected chi connectivity index (χ1v) is 10.1. The summed E-state index contributed by atoms with van der Waals surface area (Å²) in [6.07, 6.45) is 5.70. The van der Waals surface area contributed by atoms with Gasteiger partial charge in [-0.3, -0.25) is 4.79 Å². The van der Waals surface area contributed by atoms with E-state index in [1.807, 2.05) is 24.3 Å². The van der Waals surface area contributed by atoms with Crippen LogP contribution >= 0.6 is 0 Å². The number of para-hydroxylation sites is 1. The van der Waals surface area contributed by atoms with Gasteiger partial charge >= 0.3 is 0 Å². The van der Waals surface area contributed by atoms with Crippen LogP contribution in [0.3, 0.4) is 0 Å². The van der Waals surface area contributed by atoms with E-state index in [0.29, 0.717) is 18.7 Å². The number of nitrogens with zero attached hydrogens (tertiary/aromatic N) is 3. The molecule has 0 spiro atoms. The van der Waals surface area contributed by atoms with Crippen molar-refractivity contribution in [3.63, 3.8) is 0 Å². The quantitative estimate of drug-likeness (QED) is 0.750. The summed E-state index contributed by atoms with van der Waals surface area (Å²) in [4.78, 5) is 23.8. The third-order valence-corrected chi connectivity index (χ3v) is 5.76. The van der Waals surface area contributed by atoms with E-state index >= 15 is 0 Å². The van der Waals surface area contributed by atoms with Gasteiger partial charge in [0.2, 0.25) is 5.91 Å². The van der Waals surface area contributed by atoms with Gasteiger partial charge in [-0.15, -0.1) is 0 Å². The average molecular weight is 380 g/mol. The van der Waals surface area contributed by atoms with Gasteiger partial charge in [0.05, 0.1) is 12.0 Å². The summed E-state index contributed by atoms with van der Waals surface area (Å²) in [5, 5.41) is 4.07. The van der Waals surface area contributed by atoms with Crippen LogP contribution in [0.4, 0.5) is 5.82 Å². The zero-order valence-corrected chi connectivity index (χ0v) is 15.8. The fraction of sp³-hybridized carbons (Fsp3) is 0.476. The first-order chi connectivity index (χ1) is 13.8. The average Bonchev–Trinajstić information content (AvgIpc) is 3.39. The molecule has 146 valence electrons. The maximum absolute atomic E-state index is 12.7. The molecule has 1 amide bonds. The molecule has 0 radical (unpaired) electrons. The molecule has 4 heterocycles. The van der Waals surface area contributed by atoms with Crippen molar-refractivity contribution in [3.8, 4) is 0 Å². The number of hydrogen-bond acceptors (Lipinski definition) is 6. The van der Waals surface area contributed by atoms with E-state index in [2.05, 4.69) is 20.2 Å². The monoisotopic (exact) mass is 380 g/mol. The molecule has 2 atom stereocenters. The lowest BCUT2D eigenvalue weighted by Crippen LogP contribution is -2.45. The number of benzene rings is 1. The van der Waals surface area contributed by atoms with Crippen LogP contribution in [0.5, 0.6) is 0 Å². The topological polar surface area (TPSA) is 80.5 Å². The Kier molecular flexibility index (Phi) is 4.60. The lowest BCUT2D eigenvalue weighted by molar-refractivity contribution is -0.125. The molecular weight excluding hydrogens is 356 g/mol. The van der Waals surface area contributed by atoms with Crippen molar-refractivity contribution in [2.75, 3.05) is 31.1 Å². The van der Waals surface area contributed by atoms with Crippen LogP contribution in [0.25, 0.3) is 22.1 Å². The standard InChI is InChI=1S/C21H24N4O3/c26-21(22-11-15-6-4-10-27-15)14-5-3-9-25(12-14)20-19-18(23-13-24-20)16-7-1-2-8-17(16)28-19/h1-2,7-8,13-15H,3-6,9-12H2,(H,22,26)/t14-,15-/m0/s1. The van der Waals surface area contributed by atoms with Crippen LogP contribution in [0.15, 0.2) is 35.0 Å². The number of nitrogens with one attached hydrogen (secondary N) is 1. The molecule has 0 unspecified atom stereocenters. The number of rotatable bonds is 4. The van der Waals surface area contributed by atoms with Crippen molar-refractivity contribution >= 4 is 33.8 Å². The molecular formula is C21H24N4O3. The Morgan fingerprint density at radius 3 is 3.04 bits per heavy atom. The molecule has 5 rings (SSSR count). The second-order valence-corrected chi connectivity index (χ2v) is 7.64. The summed E-state index contributed by atoms with van der Waals surface area (Å²) in [6, 6.07) is 7.88. The van der Waals surface area contributed by atoms with Crippen LogP contribution in [0, 0.1) is 5.92 Å². The Morgan fingerprint density at radius 2 is 2.14 bits per heavy atom. The van der Waals surface area contributed by atoms with Gasteiger partial charge in [0, 0.05) is 31.6 Å². The molecule has 7 nitrogen and oxygen atoms in total. The highest BCUT2D eigenvalue weighted by molar-refractivity contribution is 6.05. The third-order valence-electron chi connectivity index (χ3n) is 5.76. The first-order valence-electron chi connectivity index (χ1n) is 10.1. The van der Waals surface area contributed by atoms with Crippen molar-refractivity contribution in [1.82, 2.24) is 15.3 Å². The summed E-state index contributed by atoms with van der Waals surface area (Å²) < 4.78 is 11.7. The van der Waals surface area contributed by atoms with Crippen LogP contribution in [-0.2, 0) is 9.53 Å². The zero-order chi connectivity index (χ0) is 18.9. The van der Waals surface area contributed by atoms with Gasteiger partial charge in [0.25, 0.3) is 0 Å². The molecule has 2 saturated heterocycles. The van der Waals surface area contributed by atoms with E-state index in [0.717, 1.165) is 61.1 Å². The largest absolute Gasteiger partial charge is 0.450 e. The SMILES string of the molecule is O=C(NC[C@@H]1CCCO1)[C@H]1CCCN(c2ncnc3c2oc2ccccc23)C1. The van der Waals surface area contributed by atoms with E-state index in [9.17, 15) is 4.79 Å². The Balaban J connectivity index is 1.35. The summed E-state index contributed by atoms with van der Waals surface area (Å²) in [7, 11) is 0. The Morgan fingerprint density at radius 1 is 1.21 bits per heavy atom. The van der Waals surface area contributed by atoms with Gasteiger partial charge in [-0.2, -0.15) is 0 Å². The molecule has 2 aliphatic rings. The van der Waals surface area contributed by atoms with E-state index in [1.54, 1.807) is 6.33 Å². The van der Waals surface area contributed by atoms with Gasteiger partial charge in [0.1, 0.15) is 17.4 Å². The molecule has 1 N–H and O–H groups in total. The predicted molar refractivity (Wildman–Crippen MR) is 106 cm³/mol. The molecule has 0 aliphatic carbocycles. The third kappa shape index (κ3) is 3.20. The Bertz CT molecular complexity index is 996. The van der Waals surface area contributed by atoms with Gasteiger partial charge < -0.3 is 19.4 Å². The highest BCUT2D eigenvalue weighted by Crippen LogP contribution is 2.33. The number of amides is 1. The van der Waals surface area contributed by atoms with Gasteiger partial charge in [-0.05, 0) is 37.8 Å². The number of aromatic nitrogens is 2. The van der Waals surface area contributed by atoms with E-state index in [4.69, 9.17) is 9.15 Å². The minimum absolute atomic E-state index is 0.0513. The number of anilines is 1. The number of ether oxygens (including phenoxy) is 1. The van der Waals surface area contributed by atoms with Crippen molar-refractivity contribution in [2.24, 2.45) is 5.92 Å². The molecule has 0 saturated carbocycles. The number of hydrogen-bond donors (Lipinski definition) is 1. The van der Waals surface area contributed by atoms with E-state index < -0.39 is 0 Å². The van der Waals surface area contributed by atoms with Crippen molar-refractivity contribution in [3.05, 3.63) is 30.6 Å². The lowest BCUT2D eigenvalue weighted by atomic mass is 9.97. The highest BCUT2D eigenvalue weighted by Gasteiger charge is 2.29. The number of carbonyl (C=O) groups excluding carboxylic acids is 1. The van der Waals surface area contributed by atoms with Gasteiger partial charge in [0.15, 0.2) is 11.4 Å². The Labute approximate surface area is 163 Å². The number of carbonyl (C=O) groups is 1. The van der Waals surface area contributed by atoms with Crippen LogP contribution in [-0.4, -0.2) is 48.2 Å². The number of furan rings is 1. The fourth-order valence-corrected chi connectivity index (χ4v) is 4.28.